The molecule has 138 valence electrons. The molecule has 1 aromatic carbocycles. The molecule has 0 amide bonds. The van der Waals surface area contributed by atoms with Gasteiger partial charge in [-0.1, -0.05) is 24.3 Å². The lowest BCUT2D eigenvalue weighted by Crippen LogP contribution is -2.32. The first-order chi connectivity index (χ1) is 12.6. The van der Waals surface area contributed by atoms with E-state index in [1.165, 1.54) is 0 Å². The molecule has 8 heteroatoms. The number of hydrogen-bond acceptors (Lipinski definition) is 5. The largest absolute Gasteiger partial charge is 0.311 e. The van der Waals surface area contributed by atoms with Gasteiger partial charge in [-0.15, -0.1) is 11.3 Å². The van der Waals surface area contributed by atoms with Crippen LogP contribution in [-0.2, 0) is 16.6 Å². The van der Waals surface area contributed by atoms with E-state index in [2.05, 4.69) is 16.1 Å². The highest BCUT2D eigenvalue weighted by Gasteiger charge is 2.13. The van der Waals surface area contributed by atoms with Crippen molar-refractivity contribution in [2.45, 2.75) is 13.5 Å². The lowest BCUT2D eigenvalue weighted by atomic mass is 10.2. The molecule has 0 aliphatic rings. The van der Waals surface area contributed by atoms with Crippen LogP contribution in [-0.4, -0.2) is 37.0 Å². The van der Waals surface area contributed by atoms with Crippen LogP contribution >= 0.6 is 11.3 Å². The minimum atomic E-state index is -3.14. The van der Waals surface area contributed by atoms with E-state index in [9.17, 15) is 8.42 Å². The van der Waals surface area contributed by atoms with Crippen LogP contribution in [0, 0.1) is 0 Å². The van der Waals surface area contributed by atoms with Crippen LogP contribution in [0.15, 0.2) is 54.0 Å². The van der Waals surface area contributed by atoms with Crippen molar-refractivity contribution in [1.82, 2.24) is 19.8 Å². The third-order valence-electron chi connectivity index (χ3n) is 3.88. The normalized spacial score (nSPS) is 11.7. The number of rotatable bonds is 9. The predicted octanol–water partition coefficient (Wildman–Crippen LogP) is 2.63. The van der Waals surface area contributed by atoms with Gasteiger partial charge in [0.05, 0.1) is 16.3 Å². The highest BCUT2D eigenvalue weighted by molar-refractivity contribution is 7.89. The van der Waals surface area contributed by atoms with Gasteiger partial charge in [0.2, 0.25) is 10.0 Å². The summed E-state index contributed by atoms with van der Waals surface area (Å²) in [6.45, 7) is 3.17. The first-order valence-electron chi connectivity index (χ1n) is 8.45. The fourth-order valence-corrected chi connectivity index (χ4v) is 3.85. The highest BCUT2D eigenvalue weighted by atomic mass is 32.2. The van der Waals surface area contributed by atoms with Crippen LogP contribution in [0.2, 0.25) is 0 Å². The molecule has 0 saturated heterocycles. The molecule has 0 bridgehead atoms. The molecule has 0 atom stereocenters. The summed E-state index contributed by atoms with van der Waals surface area (Å²) in [6, 6.07) is 14.1. The number of hydrogen-bond donors (Lipinski definition) is 2. The topological polar surface area (TPSA) is 76.0 Å². The van der Waals surface area contributed by atoms with Gasteiger partial charge < -0.3 is 5.32 Å². The summed E-state index contributed by atoms with van der Waals surface area (Å²) in [5, 5.41) is 10.1. The molecule has 3 aromatic rings. The van der Waals surface area contributed by atoms with Crippen molar-refractivity contribution in [2.75, 3.05) is 18.8 Å². The minimum absolute atomic E-state index is 0.0966. The Balaban J connectivity index is 1.70. The predicted molar refractivity (Wildman–Crippen MR) is 106 cm³/mol. The van der Waals surface area contributed by atoms with E-state index in [0.29, 0.717) is 19.6 Å². The van der Waals surface area contributed by atoms with Crippen molar-refractivity contribution in [1.29, 1.82) is 0 Å². The Morgan fingerprint density at radius 2 is 1.92 bits per heavy atom. The Morgan fingerprint density at radius 1 is 1.12 bits per heavy atom. The van der Waals surface area contributed by atoms with Crippen molar-refractivity contribution in [2.24, 2.45) is 0 Å². The SMILES string of the molecule is CCS(=O)(=O)NCCNCc1cn(-c2ccccc2)nc1-c1cccs1. The monoisotopic (exact) mass is 390 g/mol. The second-order valence-electron chi connectivity index (χ2n) is 5.73. The van der Waals surface area contributed by atoms with Crippen molar-refractivity contribution in [3.63, 3.8) is 0 Å². The number of sulfonamides is 1. The molecule has 2 heterocycles. The zero-order valence-electron chi connectivity index (χ0n) is 14.6. The van der Waals surface area contributed by atoms with Gasteiger partial charge in [0.25, 0.3) is 0 Å². The second-order valence-corrected chi connectivity index (χ2v) is 8.78. The van der Waals surface area contributed by atoms with Gasteiger partial charge in [-0.25, -0.2) is 17.8 Å². The minimum Gasteiger partial charge on any atom is -0.311 e. The number of nitrogens with one attached hydrogen (secondary N) is 2. The van der Waals surface area contributed by atoms with Crippen molar-refractivity contribution in [3.8, 4) is 16.3 Å². The molecule has 2 N–H and O–H groups in total. The molecular weight excluding hydrogens is 368 g/mol. The molecular formula is C18H22N4O2S2. The quantitative estimate of drug-likeness (QED) is 0.551. The van der Waals surface area contributed by atoms with E-state index in [4.69, 9.17) is 5.10 Å². The molecule has 0 spiro atoms. The molecule has 2 aromatic heterocycles. The average molecular weight is 391 g/mol. The Labute approximate surface area is 157 Å². The van der Waals surface area contributed by atoms with E-state index in [-0.39, 0.29) is 5.75 Å². The van der Waals surface area contributed by atoms with Crippen LogP contribution in [0.3, 0.4) is 0 Å². The van der Waals surface area contributed by atoms with Crippen LogP contribution in [0.25, 0.3) is 16.3 Å². The van der Waals surface area contributed by atoms with Crippen LogP contribution in [0.1, 0.15) is 12.5 Å². The van der Waals surface area contributed by atoms with Crippen LogP contribution in [0.4, 0.5) is 0 Å². The Kier molecular flexibility index (Phi) is 6.20. The lowest BCUT2D eigenvalue weighted by Gasteiger charge is -2.06. The molecule has 0 radical (unpaired) electrons. The Hall–Kier alpha value is -2.00. The van der Waals surface area contributed by atoms with E-state index in [1.54, 1.807) is 18.3 Å². The molecule has 0 aliphatic heterocycles. The molecule has 0 aliphatic carbocycles. The van der Waals surface area contributed by atoms with Gasteiger partial charge in [-0.05, 0) is 30.5 Å². The number of para-hydroxylation sites is 1. The zero-order chi connectivity index (χ0) is 18.4. The molecule has 0 unspecified atom stereocenters. The van der Waals surface area contributed by atoms with Gasteiger partial charge in [-0.3, -0.25) is 0 Å². The maximum absolute atomic E-state index is 11.5. The van der Waals surface area contributed by atoms with E-state index < -0.39 is 10.0 Å². The summed E-state index contributed by atoms with van der Waals surface area (Å²) < 4.78 is 27.3. The smallest absolute Gasteiger partial charge is 0.211 e. The van der Waals surface area contributed by atoms with Gasteiger partial charge in [0.15, 0.2) is 0 Å². The second kappa shape index (κ2) is 8.59. The fraction of sp³-hybridized carbons (Fsp3) is 0.278. The summed E-state index contributed by atoms with van der Waals surface area (Å²) in [5.74, 6) is 0.0966. The van der Waals surface area contributed by atoms with E-state index in [1.807, 2.05) is 52.7 Å². The lowest BCUT2D eigenvalue weighted by molar-refractivity contribution is 0.577. The summed E-state index contributed by atoms with van der Waals surface area (Å²) in [7, 11) is -3.14. The van der Waals surface area contributed by atoms with Gasteiger partial charge in [0.1, 0.15) is 5.69 Å². The molecule has 0 saturated carbocycles. The third-order valence-corrected chi connectivity index (χ3v) is 6.17. The molecule has 0 fully saturated rings. The molecule has 3 rings (SSSR count). The summed E-state index contributed by atoms with van der Waals surface area (Å²) in [4.78, 5) is 1.11. The fourth-order valence-electron chi connectivity index (χ4n) is 2.49. The molecule has 26 heavy (non-hydrogen) atoms. The summed E-state index contributed by atoms with van der Waals surface area (Å²) >= 11 is 1.65. The van der Waals surface area contributed by atoms with Crippen LogP contribution < -0.4 is 10.0 Å². The number of nitrogens with zero attached hydrogens (tertiary/aromatic N) is 2. The zero-order valence-corrected chi connectivity index (χ0v) is 16.2. The van der Waals surface area contributed by atoms with Gasteiger partial charge in [-0.2, -0.15) is 5.10 Å². The van der Waals surface area contributed by atoms with Crippen molar-refractivity contribution in [3.05, 3.63) is 59.6 Å². The van der Waals surface area contributed by atoms with Gasteiger partial charge >= 0.3 is 0 Å². The first kappa shape index (κ1) is 18.8. The number of aromatic nitrogens is 2. The highest BCUT2D eigenvalue weighted by Crippen LogP contribution is 2.27. The van der Waals surface area contributed by atoms with Gasteiger partial charge in [0, 0.05) is 31.4 Å². The van der Waals surface area contributed by atoms with E-state index in [0.717, 1.165) is 21.8 Å². The molecule has 6 nitrogen and oxygen atoms in total. The standard InChI is InChI=1S/C18H22N4O2S2/c1-2-26(23,24)20-11-10-19-13-15-14-22(16-7-4-3-5-8-16)21-18(15)17-9-6-12-25-17/h3-9,12,14,19-20H,2,10-11,13H2,1H3. The summed E-state index contributed by atoms with van der Waals surface area (Å²) in [5.41, 5.74) is 3.03. The maximum Gasteiger partial charge on any atom is 0.211 e. The number of thiophene rings is 1. The average Bonchev–Trinajstić information content (AvgIpc) is 3.31. The number of benzene rings is 1. The Morgan fingerprint density at radius 3 is 2.62 bits per heavy atom. The van der Waals surface area contributed by atoms with Crippen LogP contribution in [0.5, 0.6) is 0 Å². The Bertz CT molecular complexity index is 920. The van der Waals surface area contributed by atoms with E-state index >= 15 is 0 Å². The van der Waals surface area contributed by atoms with Crippen molar-refractivity contribution < 1.29 is 8.42 Å². The van der Waals surface area contributed by atoms with Crippen molar-refractivity contribution >= 4 is 21.4 Å². The third kappa shape index (κ3) is 4.79. The maximum atomic E-state index is 11.5. The first-order valence-corrected chi connectivity index (χ1v) is 11.0. The summed E-state index contributed by atoms with van der Waals surface area (Å²) in [6.07, 6.45) is 2.02.